The van der Waals surface area contributed by atoms with Crippen molar-refractivity contribution < 1.29 is 28.5 Å². The van der Waals surface area contributed by atoms with Gasteiger partial charge < -0.3 is 18.9 Å². The van der Waals surface area contributed by atoms with Crippen LogP contribution in [0.5, 0.6) is 11.5 Å². The number of anilines is 2. The van der Waals surface area contributed by atoms with Gasteiger partial charge in [-0.3, -0.25) is 19.4 Å². The van der Waals surface area contributed by atoms with Crippen LogP contribution in [0.4, 0.5) is 11.4 Å². The van der Waals surface area contributed by atoms with Crippen molar-refractivity contribution in [1.29, 1.82) is 0 Å². The van der Waals surface area contributed by atoms with Gasteiger partial charge in [0.15, 0.2) is 0 Å². The Labute approximate surface area is 300 Å². The Morgan fingerprint density at radius 1 is 0.569 bits per heavy atom. The molecule has 2 atom stereocenters. The predicted octanol–water partition coefficient (Wildman–Crippen LogP) is 7.54. The molecule has 2 amide bonds. The Morgan fingerprint density at radius 2 is 0.882 bits per heavy atom. The molecule has 8 nitrogen and oxygen atoms in total. The Kier molecular flexibility index (Phi) is 8.43. The lowest BCUT2D eigenvalue weighted by molar-refractivity contribution is -0.117. The molecule has 8 heteroatoms. The van der Waals surface area contributed by atoms with Crippen molar-refractivity contribution in [1.82, 2.24) is 0 Å². The molecule has 264 valence electrons. The van der Waals surface area contributed by atoms with Crippen LogP contribution in [0, 0.1) is 0 Å². The van der Waals surface area contributed by atoms with E-state index in [-0.39, 0.29) is 34.9 Å². The van der Waals surface area contributed by atoms with Crippen molar-refractivity contribution in [2.45, 2.75) is 82.1 Å². The molecule has 4 aliphatic rings. The topological polar surface area (TPSA) is 84.1 Å². The van der Waals surface area contributed by atoms with E-state index in [1.54, 1.807) is 0 Å². The number of amides is 2. The highest BCUT2D eigenvalue weighted by Gasteiger charge is 2.56. The molecule has 4 fully saturated rings. The number of epoxide rings is 2. The smallest absolute Gasteiger partial charge is 0.229 e. The summed E-state index contributed by atoms with van der Waals surface area (Å²) in [5, 5.41) is 0. The van der Waals surface area contributed by atoms with Gasteiger partial charge in [0.25, 0.3) is 0 Å². The quantitative estimate of drug-likeness (QED) is 0.143. The number of hydrogen-bond donors (Lipinski definition) is 0. The fraction of sp³-hybridized carbons (Fsp3) is 0.395. The van der Waals surface area contributed by atoms with Crippen LogP contribution in [0.2, 0.25) is 0 Å². The SMILES string of the molecule is CC(C)(c1ccc(OCC2CO2)cc1)c1ccc(N2C(=O)CCC23CCC(=O)N3c2ccc(C(C)(C)c3ccc(OCC4CO4)cc3)cc2)cc1. The van der Waals surface area contributed by atoms with Gasteiger partial charge in [0, 0.05) is 35.0 Å². The van der Waals surface area contributed by atoms with E-state index in [2.05, 4.69) is 76.2 Å². The normalized spacial score (nSPS) is 22.9. The highest BCUT2D eigenvalue weighted by Crippen LogP contribution is 2.48. The summed E-state index contributed by atoms with van der Waals surface area (Å²) >= 11 is 0. The van der Waals surface area contributed by atoms with Gasteiger partial charge in [0.05, 0.1) is 13.2 Å². The van der Waals surface area contributed by atoms with Crippen LogP contribution in [0.25, 0.3) is 0 Å². The monoisotopic (exact) mass is 686 g/mol. The van der Waals surface area contributed by atoms with Crippen LogP contribution >= 0.6 is 0 Å². The molecule has 4 aromatic rings. The van der Waals surface area contributed by atoms with E-state index in [1.807, 2.05) is 58.3 Å². The molecule has 0 radical (unpaired) electrons. The summed E-state index contributed by atoms with van der Waals surface area (Å²) in [7, 11) is 0. The van der Waals surface area contributed by atoms with Crippen LogP contribution in [0.3, 0.4) is 0 Å². The maximum atomic E-state index is 13.7. The van der Waals surface area contributed by atoms with E-state index in [1.165, 1.54) is 11.1 Å². The minimum atomic E-state index is -0.731. The summed E-state index contributed by atoms with van der Waals surface area (Å²) in [5.74, 6) is 1.76. The van der Waals surface area contributed by atoms with Gasteiger partial charge in [-0.1, -0.05) is 76.2 Å². The molecule has 0 saturated carbocycles. The van der Waals surface area contributed by atoms with Gasteiger partial charge >= 0.3 is 0 Å². The van der Waals surface area contributed by atoms with Gasteiger partial charge in [0.2, 0.25) is 11.8 Å². The Morgan fingerprint density at radius 3 is 1.20 bits per heavy atom. The zero-order chi connectivity index (χ0) is 35.4. The van der Waals surface area contributed by atoms with Crippen LogP contribution in [-0.4, -0.2) is 56.1 Å². The summed E-state index contributed by atoms with van der Waals surface area (Å²) in [6.07, 6.45) is 2.43. The third-order valence-corrected chi connectivity index (χ3v) is 11.3. The predicted molar refractivity (Wildman–Crippen MR) is 197 cm³/mol. The van der Waals surface area contributed by atoms with Gasteiger partial charge in [0.1, 0.15) is 42.6 Å². The molecule has 2 unspecified atom stereocenters. The lowest BCUT2D eigenvalue weighted by Gasteiger charge is -2.42. The lowest BCUT2D eigenvalue weighted by atomic mass is 9.78. The zero-order valence-electron chi connectivity index (χ0n) is 29.9. The molecule has 4 aliphatic heterocycles. The fourth-order valence-electron chi connectivity index (χ4n) is 7.77. The van der Waals surface area contributed by atoms with Crippen molar-refractivity contribution in [3.8, 4) is 11.5 Å². The second-order valence-electron chi connectivity index (χ2n) is 15.4. The van der Waals surface area contributed by atoms with Crippen molar-refractivity contribution in [2.24, 2.45) is 0 Å². The number of carbonyl (C=O) groups excluding carboxylic acids is 2. The minimum Gasteiger partial charge on any atom is -0.491 e. The molecule has 8 rings (SSSR count). The Balaban J connectivity index is 1.01. The summed E-state index contributed by atoms with van der Waals surface area (Å²) in [4.78, 5) is 31.1. The molecule has 4 aromatic carbocycles. The fourth-order valence-corrected chi connectivity index (χ4v) is 7.77. The van der Waals surface area contributed by atoms with E-state index < -0.39 is 5.66 Å². The molecule has 1 spiro atoms. The van der Waals surface area contributed by atoms with Crippen molar-refractivity contribution in [2.75, 3.05) is 36.2 Å². The average Bonchev–Trinajstić information content (AvgIpc) is 4.09. The van der Waals surface area contributed by atoms with Gasteiger partial charge in [-0.2, -0.15) is 0 Å². The number of nitrogens with zero attached hydrogens (tertiary/aromatic N) is 2. The lowest BCUT2D eigenvalue weighted by Crippen LogP contribution is -2.56. The largest absolute Gasteiger partial charge is 0.491 e. The van der Waals surface area contributed by atoms with E-state index in [0.29, 0.717) is 38.9 Å². The van der Waals surface area contributed by atoms with Crippen LogP contribution in [-0.2, 0) is 29.9 Å². The first-order valence-electron chi connectivity index (χ1n) is 18.1. The van der Waals surface area contributed by atoms with Gasteiger partial charge in [-0.15, -0.1) is 0 Å². The Hall–Kier alpha value is -4.66. The molecule has 0 aliphatic carbocycles. The molecule has 0 bridgehead atoms. The molecule has 4 heterocycles. The third-order valence-electron chi connectivity index (χ3n) is 11.3. The number of rotatable bonds is 12. The van der Waals surface area contributed by atoms with E-state index in [9.17, 15) is 9.59 Å². The highest BCUT2D eigenvalue weighted by molar-refractivity contribution is 6.05. The minimum absolute atomic E-state index is 0.0451. The standard InChI is InChI=1S/C43H46N2O6/c1-41(2,31-9-17-35(18-10-31)48-25-37-27-50-37)29-5-13-33(14-6-29)44-39(46)21-23-43(44)24-22-40(47)45(43)34-15-7-30(8-16-34)42(3,4)32-11-19-36(20-12-32)49-26-38-28-51-38/h5-20,37-38H,21-28H2,1-4H3. The summed E-state index contributed by atoms with van der Waals surface area (Å²) < 4.78 is 22.2. The number of benzene rings is 4. The molecular weight excluding hydrogens is 640 g/mol. The first-order valence-corrected chi connectivity index (χ1v) is 18.1. The maximum absolute atomic E-state index is 13.7. The molecular formula is C43H46N2O6. The number of carbonyl (C=O) groups is 2. The number of hydrogen-bond acceptors (Lipinski definition) is 6. The van der Waals surface area contributed by atoms with Crippen molar-refractivity contribution in [3.05, 3.63) is 119 Å². The molecule has 0 aromatic heterocycles. The second kappa shape index (κ2) is 12.8. The number of ether oxygens (including phenoxy) is 4. The van der Waals surface area contributed by atoms with Crippen LogP contribution in [0.15, 0.2) is 97.1 Å². The highest BCUT2D eigenvalue weighted by atomic mass is 16.6. The van der Waals surface area contributed by atoms with E-state index in [4.69, 9.17) is 18.9 Å². The first kappa shape index (κ1) is 33.5. The van der Waals surface area contributed by atoms with E-state index >= 15 is 0 Å². The summed E-state index contributed by atoms with van der Waals surface area (Å²) in [6, 6.07) is 33.1. The molecule has 4 saturated heterocycles. The van der Waals surface area contributed by atoms with Crippen molar-refractivity contribution >= 4 is 23.2 Å². The summed E-state index contributed by atoms with van der Waals surface area (Å²) in [6.45, 7) is 11.5. The average molecular weight is 687 g/mol. The maximum Gasteiger partial charge on any atom is 0.229 e. The summed E-state index contributed by atoms with van der Waals surface area (Å²) in [5.41, 5.74) is 4.98. The zero-order valence-corrected chi connectivity index (χ0v) is 29.9. The molecule has 0 N–H and O–H groups in total. The van der Waals surface area contributed by atoms with E-state index in [0.717, 1.165) is 47.2 Å². The molecule has 51 heavy (non-hydrogen) atoms. The van der Waals surface area contributed by atoms with Crippen molar-refractivity contribution in [3.63, 3.8) is 0 Å². The van der Waals surface area contributed by atoms with Crippen LogP contribution < -0.4 is 19.3 Å². The van der Waals surface area contributed by atoms with Gasteiger partial charge in [-0.25, -0.2) is 0 Å². The third kappa shape index (κ3) is 6.40. The second-order valence-corrected chi connectivity index (χ2v) is 15.4. The Bertz CT molecular complexity index is 1750. The van der Waals surface area contributed by atoms with Gasteiger partial charge in [-0.05, 0) is 83.6 Å². The first-order chi connectivity index (χ1) is 24.5. The van der Waals surface area contributed by atoms with Crippen LogP contribution in [0.1, 0.15) is 75.6 Å².